The van der Waals surface area contributed by atoms with Gasteiger partial charge < -0.3 is 39.9 Å². The van der Waals surface area contributed by atoms with Crippen molar-refractivity contribution in [1.29, 1.82) is 5.41 Å². The zero-order valence-electron chi connectivity index (χ0n) is 44.8. The molecule has 0 aliphatic rings. The lowest BCUT2D eigenvalue weighted by Crippen LogP contribution is -2.47. The van der Waals surface area contributed by atoms with Gasteiger partial charge in [-0.05, 0) is 130 Å². The van der Waals surface area contributed by atoms with Crippen LogP contribution in [-0.4, -0.2) is 102 Å². The summed E-state index contributed by atoms with van der Waals surface area (Å²) < 4.78 is 17.4. The van der Waals surface area contributed by atoms with Crippen LogP contribution in [0, 0.1) is 24.2 Å². The van der Waals surface area contributed by atoms with Crippen LogP contribution in [0.4, 0.5) is 0 Å². The molecule has 2 rings (SSSR count). The molecule has 1 atom stereocenters. The number of nitrogens with zero attached hydrogens (tertiary/aromatic N) is 2. The molecule has 0 aliphatic heterocycles. The van der Waals surface area contributed by atoms with Gasteiger partial charge in [-0.1, -0.05) is 111 Å². The molecule has 0 saturated heterocycles. The molecule has 69 heavy (non-hydrogen) atoms. The number of likely N-dealkylation sites (N-methyl/N-ethyl adjacent to an activating group) is 2. The van der Waals surface area contributed by atoms with Crippen molar-refractivity contribution >= 4 is 38.2 Å². The molecule has 2 radical (unpaired) electrons. The van der Waals surface area contributed by atoms with Crippen molar-refractivity contribution in [3.8, 4) is 17.6 Å². The fourth-order valence-electron chi connectivity index (χ4n) is 5.88. The van der Waals surface area contributed by atoms with Crippen molar-refractivity contribution in [2.24, 2.45) is 0 Å². The van der Waals surface area contributed by atoms with Gasteiger partial charge in [-0.15, -0.1) is 0 Å². The van der Waals surface area contributed by atoms with Gasteiger partial charge in [-0.25, -0.2) is 0 Å². The predicted octanol–water partition coefficient (Wildman–Crippen LogP) is 11.8. The third-order valence-electron chi connectivity index (χ3n) is 9.42. The number of aryl methyl sites for hydroxylation is 1. The summed E-state index contributed by atoms with van der Waals surface area (Å²) >= 11 is 0. The SMILES string of the molecule is C=C(\C=C/C(=C\C)C(/C=C\C)=C/C(=C/c1cnccc1C)CC)OCC#CCNCCCCOCCCCOc1ccc(C(=O)N(C)C(CCC=O)C(=O)NC)c(C=N)c1.CC.CC.CCC.[B]C. The maximum absolute atomic E-state index is 13.2. The molecular formula is C57H88BN5O6. The van der Waals surface area contributed by atoms with Gasteiger partial charge in [0.15, 0.2) is 0 Å². The maximum Gasteiger partial charge on any atom is 0.254 e. The molecule has 0 saturated carbocycles. The van der Waals surface area contributed by atoms with Gasteiger partial charge in [-0.3, -0.25) is 14.6 Å². The molecule has 3 N–H and O–H groups in total. The van der Waals surface area contributed by atoms with Crippen molar-refractivity contribution in [2.75, 3.05) is 53.6 Å². The van der Waals surface area contributed by atoms with Crippen LogP contribution in [0.25, 0.3) is 6.08 Å². The normalized spacial score (nSPS) is 11.3. The third kappa shape index (κ3) is 31.1. The number of hydrogen-bond donors (Lipinski definition) is 3. The summed E-state index contributed by atoms with van der Waals surface area (Å²) in [7, 11) is 7.50. The van der Waals surface area contributed by atoms with Gasteiger partial charge >= 0.3 is 0 Å². The molecule has 0 bridgehead atoms. The summed E-state index contributed by atoms with van der Waals surface area (Å²) in [5, 5.41) is 13.7. The molecule has 380 valence electrons. The van der Waals surface area contributed by atoms with Crippen LogP contribution in [0.2, 0.25) is 6.82 Å². The van der Waals surface area contributed by atoms with E-state index in [1.165, 1.54) is 43.4 Å². The highest BCUT2D eigenvalue weighted by molar-refractivity contribution is 6.05. The summed E-state index contributed by atoms with van der Waals surface area (Å²) in [4.78, 5) is 42.0. The minimum absolute atomic E-state index is 0.151. The van der Waals surface area contributed by atoms with E-state index in [4.69, 9.17) is 19.6 Å². The molecule has 12 heteroatoms. The Kier molecular flexibility index (Phi) is 46.3. The molecule has 1 heterocycles. The first-order valence-corrected chi connectivity index (χ1v) is 24.7. The van der Waals surface area contributed by atoms with Crippen LogP contribution >= 0.6 is 0 Å². The minimum atomic E-state index is -0.796. The number of carbonyl (C=O) groups excluding carboxylic acids is 3. The van der Waals surface area contributed by atoms with E-state index < -0.39 is 11.9 Å². The van der Waals surface area contributed by atoms with E-state index in [0.29, 0.717) is 43.4 Å². The second-order valence-electron chi connectivity index (χ2n) is 14.5. The monoisotopic (exact) mass is 950 g/mol. The van der Waals surface area contributed by atoms with Crippen molar-refractivity contribution in [3.63, 3.8) is 0 Å². The van der Waals surface area contributed by atoms with E-state index in [-0.39, 0.29) is 30.9 Å². The molecule has 1 unspecified atom stereocenters. The van der Waals surface area contributed by atoms with Gasteiger partial charge in [0.1, 0.15) is 30.4 Å². The lowest BCUT2D eigenvalue weighted by atomic mass is 9.98. The lowest BCUT2D eigenvalue weighted by molar-refractivity contribution is -0.125. The maximum atomic E-state index is 13.2. The lowest BCUT2D eigenvalue weighted by Gasteiger charge is -2.27. The van der Waals surface area contributed by atoms with Gasteiger partial charge in [-0.2, -0.15) is 0 Å². The van der Waals surface area contributed by atoms with Crippen molar-refractivity contribution in [3.05, 3.63) is 124 Å². The molecule has 0 aliphatic carbocycles. The molecule has 11 nitrogen and oxygen atoms in total. The standard InChI is InChI=1S/C49H65N5O6.C3H8.2C2H6.CH3B/c1-8-18-42(33-40(9-2)34-44-37-53-27-24-38(44)4)41(10-3)21-20-39(5)59-31-14-12-26-52-25-11-13-29-58-30-15-16-32-60-45-22-23-46(43(35-45)36-50)49(57)54(7)47(19-17-28-55)48(56)51-6;1-3-2;3*1-2/h8,10,18,20-24,27-28,33-37,47,50,52H,5,9,11,13,15-17,19,25-26,29-32H2,1-4,6-7H3,(H,51,56);3H2,1-2H3;2*1-2H3;1H3/b18-8-,21-20-,40-34+,41-10+,42-33+,50-36?;;;;. The largest absolute Gasteiger partial charge is 0.494 e. The predicted molar refractivity (Wildman–Crippen MR) is 293 cm³/mol. The minimum Gasteiger partial charge on any atom is -0.494 e. The number of carbonyl (C=O) groups is 3. The Morgan fingerprint density at radius 3 is 2.20 bits per heavy atom. The zero-order valence-corrected chi connectivity index (χ0v) is 44.8. The summed E-state index contributed by atoms with van der Waals surface area (Å²) in [5.74, 6) is 6.46. The van der Waals surface area contributed by atoms with E-state index in [2.05, 4.69) is 93.9 Å². The van der Waals surface area contributed by atoms with Crippen molar-refractivity contribution < 1.29 is 28.6 Å². The van der Waals surface area contributed by atoms with Crippen molar-refractivity contribution in [1.82, 2.24) is 20.5 Å². The highest BCUT2D eigenvalue weighted by atomic mass is 16.5. The fraction of sp³-hybridized carbons (Fsp3) is 0.491. The number of nitrogens with one attached hydrogen (secondary N) is 3. The van der Waals surface area contributed by atoms with Crippen LogP contribution in [0.5, 0.6) is 5.75 Å². The number of benzene rings is 1. The fourth-order valence-corrected chi connectivity index (χ4v) is 5.88. The number of hydrogen-bond acceptors (Lipinski definition) is 9. The van der Waals surface area contributed by atoms with Crippen molar-refractivity contribution in [2.45, 2.75) is 133 Å². The van der Waals surface area contributed by atoms with E-state index in [1.807, 2.05) is 78.2 Å². The van der Waals surface area contributed by atoms with E-state index >= 15 is 0 Å². The molecule has 1 aromatic carbocycles. The van der Waals surface area contributed by atoms with E-state index in [9.17, 15) is 14.4 Å². The smallest absolute Gasteiger partial charge is 0.254 e. The number of amides is 2. The summed E-state index contributed by atoms with van der Waals surface area (Å²) in [6, 6.07) is 6.15. The molecule has 0 spiro atoms. The van der Waals surface area contributed by atoms with Crippen LogP contribution in [0.15, 0.2) is 102 Å². The number of rotatable bonds is 28. The highest BCUT2D eigenvalue weighted by Crippen LogP contribution is 2.22. The first kappa shape index (κ1) is 67.5. The molecule has 2 amide bonds. The summed E-state index contributed by atoms with van der Waals surface area (Å²) in [6.45, 7) is 29.6. The Hall–Kier alpha value is -5.77. The van der Waals surface area contributed by atoms with Gasteiger partial charge in [0.05, 0.1) is 21.0 Å². The number of pyridine rings is 1. The Balaban J connectivity index is -0.00000452. The Labute approximate surface area is 420 Å². The zero-order chi connectivity index (χ0) is 52.7. The van der Waals surface area contributed by atoms with E-state index in [0.717, 1.165) is 67.9 Å². The second-order valence-corrected chi connectivity index (χ2v) is 14.5. The molecular weight excluding hydrogens is 861 g/mol. The molecule has 0 fully saturated rings. The molecule has 2 aromatic rings. The topological polar surface area (TPSA) is 143 Å². The average Bonchev–Trinajstić information content (AvgIpc) is 3.38. The number of allylic oxidation sites excluding steroid dienone is 9. The summed E-state index contributed by atoms with van der Waals surface area (Å²) in [6.07, 6.45) is 26.1. The van der Waals surface area contributed by atoms with Crippen LogP contribution in [0.3, 0.4) is 0 Å². The average molecular weight is 950 g/mol. The van der Waals surface area contributed by atoms with Crippen LogP contribution < -0.4 is 15.4 Å². The summed E-state index contributed by atoms with van der Waals surface area (Å²) in [5.41, 5.74) is 6.35. The molecule has 1 aromatic heterocycles. The third-order valence-corrected chi connectivity index (χ3v) is 9.42. The number of aromatic nitrogens is 1. The van der Waals surface area contributed by atoms with Gasteiger partial charge in [0.2, 0.25) is 5.91 Å². The number of unbranched alkanes of at least 4 members (excludes halogenated alkanes) is 2. The number of ether oxygens (including phenoxy) is 3. The first-order chi connectivity index (χ1) is 33.5. The van der Waals surface area contributed by atoms with Gasteiger partial charge in [0.25, 0.3) is 5.91 Å². The van der Waals surface area contributed by atoms with Crippen LogP contribution in [0.1, 0.15) is 141 Å². The highest BCUT2D eigenvalue weighted by Gasteiger charge is 2.27. The van der Waals surface area contributed by atoms with E-state index in [1.54, 1.807) is 18.2 Å². The first-order valence-electron chi connectivity index (χ1n) is 24.7. The Morgan fingerprint density at radius 1 is 0.942 bits per heavy atom. The Morgan fingerprint density at radius 2 is 1.61 bits per heavy atom. The van der Waals surface area contributed by atoms with Gasteiger partial charge in [0, 0.05) is 63.5 Å². The number of aldehydes is 1. The second kappa shape index (κ2) is 47.3. The Bertz CT molecular complexity index is 1940. The van der Waals surface area contributed by atoms with Crippen LogP contribution in [-0.2, 0) is 19.1 Å². The quantitative estimate of drug-likeness (QED) is 0.0146.